The van der Waals surface area contributed by atoms with Crippen LogP contribution in [0.2, 0.25) is 0 Å². The number of rotatable bonds is 8. The molecule has 0 saturated heterocycles. The normalized spacial score (nSPS) is 10.1. The number of likely N-dealkylation sites (N-methyl/N-ethyl adjacent to an activating group) is 2. The van der Waals surface area contributed by atoms with Crippen molar-refractivity contribution in [1.29, 1.82) is 0 Å². The van der Waals surface area contributed by atoms with Crippen molar-refractivity contribution in [1.82, 2.24) is 0 Å². The molecule has 0 N–H and O–H groups in total. The quantitative estimate of drug-likeness (QED) is 0.434. The Morgan fingerprint density at radius 2 is 0.826 bits per heavy atom. The molecule has 0 aliphatic rings. The van der Waals surface area contributed by atoms with Crippen LogP contribution in [-0.2, 0) is 0 Å². The molecule has 0 aromatic rings. The van der Waals surface area contributed by atoms with Crippen LogP contribution in [0.1, 0.15) is 13.8 Å². The Morgan fingerprint density at radius 3 is 0.913 bits per heavy atom. The highest BCUT2D eigenvalue weighted by molar-refractivity contribution is 4.70. The second-order valence-corrected chi connectivity index (χ2v) is 6.81. The van der Waals surface area contributed by atoms with Gasteiger partial charge in [-0.05, 0) is 24.3 Å². The zero-order valence-electron chi connectivity index (χ0n) is 16.2. The largest absolute Gasteiger partial charge is 1.00 e. The Hall–Kier alpha value is -0.870. The van der Waals surface area contributed by atoms with E-state index in [2.05, 4.69) is 54.5 Å². The van der Waals surface area contributed by atoms with Gasteiger partial charge in [-0.2, -0.15) is 0 Å². The first-order valence-corrected chi connectivity index (χ1v) is 7.71. The maximum Gasteiger partial charge on any atom is 0.0969 e. The molecule has 0 rings (SSSR count). The second-order valence-electron chi connectivity index (χ2n) is 6.81. The number of quaternary nitrogens is 2. The molecular formula is C19H39ClN2O. The van der Waals surface area contributed by atoms with Crippen LogP contribution in [0.5, 0.6) is 0 Å². The summed E-state index contributed by atoms with van der Waals surface area (Å²) in [6.45, 7) is 22.0. The lowest BCUT2D eigenvalue weighted by Crippen LogP contribution is -3.00. The first kappa shape index (κ1) is 30.1. The van der Waals surface area contributed by atoms with E-state index in [-0.39, 0.29) is 12.4 Å². The summed E-state index contributed by atoms with van der Waals surface area (Å²) in [5, 5.41) is 9.53. The molecule has 4 heteroatoms. The van der Waals surface area contributed by atoms with Crippen molar-refractivity contribution in [2.75, 3.05) is 54.4 Å². The van der Waals surface area contributed by atoms with Crippen LogP contribution in [-0.4, -0.2) is 69.4 Å². The third-order valence-corrected chi connectivity index (χ3v) is 2.49. The smallest absolute Gasteiger partial charge is 0.0969 e. The third-order valence-electron chi connectivity index (χ3n) is 2.49. The van der Waals surface area contributed by atoms with Crippen molar-refractivity contribution in [3.8, 4) is 0 Å². The van der Waals surface area contributed by atoms with E-state index in [0.29, 0.717) is 0 Å². The zero-order valence-corrected chi connectivity index (χ0v) is 17.0. The predicted molar refractivity (Wildman–Crippen MR) is 99.6 cm³/mol. The van der Waals surface area contributed by atoms with E-state index in [9.17, 15) is 5.11 Å². The van der Waals surface area contributed by atoms with Crippen LogP contribution in [0.25, 0.3) is 0 Å². The van der Waals surface area contributed by atoms with Gasteiger partial charge in [-0.15, -0.1) is 6.10 Å². The molecule has 0 spiro atoms. The molecule has 0 atom stereocenters. The molecule has 3 nitrogen and oxygen atoms in total. The van der Waals surface area contributed by atoms with E-state index in [1.165, 1.54) is 0 Å². The molecule has 0 aliphatic heterocycles. The van der Waals surface area contributed by atoms with Crippen molar-refractivity contribution in [2.24, 2.45) is 0 Å². The molecule has 23 heavy (non-hydrogen) atoms. The molecule has 0 heterocycles. The molecular weight excluding hydrogens is 308 g/mol. The van der Waals surface area contributed by atoms with Crippen LogP contribution < -0.4 is 17.5 Å². The van der Waals surface area contributed by atoms with E-state index < -0.39 is 6.10 Å². The maximum atomic E-state index is 9.53. The molecule has 0 radical (unpaired) electrons. The first-order valence-electron chi connectivity index (χ1n) is 7.71. The van der Waals surface area contributed by atoms with E-state index in [4.69, 9.17) is 0 Å². The summed E-state index contributed by atoms with van der Waals surface area (Å²) < 4.78 is 1.90. The van der Waals surface area contributed by atoms with Gasteiger partial charge in [-0.1, -0.05) is 40.2 Å². The standard InChI is InChI=1S/2C8H16N.C3H7O.ClH/c2*1-5-7-9(3,4)8-6-2;1-3(2)4;/h2*5-6H,1-2,7-8H2,3-4H3;3H,1-2H3;1H/q2*+1;-1;/p-1. The summed E-state index contributed by atoms with van der Waals surface area (Å²) in [4.78, 5) is 0. The van der Waals surface area contributed by atoms with Crippen LogP contribution in [0.4, 0.5) is 0 Å². The van der Waals surface area contributed by atoms with Crippen molar-refractivity contribution in [2.45, 2.75) is 20.0 Å². The third kappa shape index (κ3) is 33.8. The van der Waals surface area contributed by atoms with Crippen molar-refractivity contribution < 1.29 is 26.5 Å². The maximum absolute atomic E-state index is 9.53. The molecule has 0 saturated carbocycles. The van der Waals surface area contributed by atoms with E-state index in [1.54, 1.807) is 13.8 Å². The summed E-state index contributed by atoms with van der Waals surface area (Å²) in [7, 11) is 8.62. The first-order chi connectivity index (χ1) is 9.97. The van der Waals surface area contributed by atoms with Crippen molar-refractivity contribution in [3.63, 3.8) is 0 Å². The highest BCUT2D eigenvalue weighted by atomic mass is 35.5. The van der Waals surface area contributed by atoms with Gasteiger partial charge in [0, 0.05) is 0 Å². The van der Waals surface area contributed by atoms with Gasteiger partial charge in [0.1, 0.15) is 0 Å². The van der Waals surface area contributed by atoms with Gasteiger partial charge in [-0.3, -0.25) is 0 Å². The molecule has 0 aliphatic carbocycles. The van der Waals surface area contributed by atoms with Gasteiger partial charge < -0.3 is 26.5 Å². The number of halogens is 1. The lowest BCUT2D eigenvalue weighted by atomic mass is 10.4. The minimum atomic E-state index is -0.417. The fraction of sp³-hybridized carbons (Fsp3) is 0.579. The summed E-state index contributed by atoms with van der Waals surface area (Å²) >= 11 is 0. The fourth-order valence-electron chi connectivity index (χ4n) is 1.55. The Bertz CT molecular complexity index is 256. The van der Waals surface area contributed by atoms with Gasteiger partial charge >= 0.3 is 0 Å². The molecule has 0 amide bonds. The molecule has 0 aromatic carbocycles. The second kappa shape index (κ2) is 17.5. The van der Waals surface area contributed by atoms with Crippen molar-refractivity contribution >= 4 is 0 Å². The van der Waals surface area contributed by atoms with E-state index in [0.717, 1.165) is 35.1 Å². The molecule has 0 unspecified atom stereocenters. The Labute approximate surface area is 151 Å². The molecule has 138 valence electrons. The van der Waals surface area contributed by atoms with E-state index in [1.807, 2.05) is 24.3 Å². The van der Waals surface area contributed by atoms with Gasteiger partial charge in [0.05, 0.1) is 54.4 Å². The van der Waals surface area contributed by atoms with E-state index >= 15 is 0 Å². The summed E-state index contributed by atoms with van der Waals surface area (Å²) in [6.07, 6.45) is 7.32. The highest BCUT2D eigenvalue weighted by Gasteiger charge is 2.08. The van der Waals surface area contributed by atoms with Crippen LogP contribution in [0.15, 0.2) is 50.6 Å². The van der Waals surface area contributed by atoms with Gasteiger partial charge in [0.25, 0.3) is 0 Å². The average Bonchev–Trinajstić information content (AvgIpc) is 2.28. The Balaban J connectivity index is -0.000000124. The molecule has 0 aromatic heterocycles. The number of hydrogen-bond donors (Lipinski definition) is 0. The summed E-state index contributed by atoms with van der Waals surface area (Å²) in [6, 6.07) is 0. The summed E-state index contributed by atoms with van der Waals surface area (Å²) in [5.41, 5.74) is 0. The Kier molecular flexibility index (Phi) is 22.8. The average molecular weight is 347 g/mol. The SMILES string of the molecule is C=CC[N+](C)(C)CC=C.C=CC[N+](C)(C)CC=C.CC(C)[O-].[Cl-]. The van der Waals surface area contributed by atoms with Crippen LogP contribution in [0.3, 0.4) is 0 Å². The lowest BCUT2D eigenvalue weighted by Gasteiger charge is -2.26. The highest BCUT2D eigenvalue weighted by Crippen LogP contribution is 1.95. The predicted octanol–water partition coefficient (Wildman–Crippen LogP) is -0.371. The Morgan fingerprint density at radius 1 is 0.696 bits per heavy atom. The van der Waals surface area contributed by atoms with Gasteiger partial charge in [0.15, 0.2) is 0 Å². The van der Waals surface area contributed by atoms with Crippen LogP contribution in [0, 0.1) is 0 Å². The lowest BCUT2D eigenvalue weighted by molar-refractivity contribution is -0.878. The topological polar surface area (TPSA) is 23.1 Å². The van der Waals surface area contributed by atoms with Crippen LogP contribution >= 0.6 is 0 Å². The fourth-order valence-corrected chi connectivity index (χ4v) is 1.55. The van der Waals surface area contributed by atoms with Crippen molar-refractivity contribution in [3.05, 3.63) is 50.6 Å². The molecule has 0 fully saturated rings. The van der Waals surface area contributed by atoms with Gasteiger partial charge in [-0.25, -0.2) is 0 Å². The number of nitrogens with zero attached hydrogens (tertiary/aromatic N) is 2. The monoisotopic (exact) mass is 346 g/mol. The number of hydrogen-bond acceptors (Lipinski definition) is 1. The minimum Gasteiger partial charge on any atom is -1.00 e. The molecule has 0 bridgehead atoms. The zero-order chi connectivity index (χ0) is 18.2. The van der Waals surface area contributed by atoms with Gasteiger partial charge in [0.2, 0.25) is 0 Å². The summed E-state index contributed by atoms with van der Waals surface area (Å²) in [5.74, 6) is 0. The minimum absolute atomic E-state index is 0.